The lowest BCUT2D eigenvalue weighted by Crippen LogP contribution is -2.76. The van der Waals surface area contributed by atoms with Crippen LogP contribution in [0.1, 0.15) is 45.4 Å². The molecule has 0 aromatic rings. The monoisotopic (exact) mass is 770 g/mol. The first-order chi connectivity index (χ1) is 17.7. The Balaban J connectivity index is 6.59. The summed E-state index contributed by atoms with van der Waals surface area (Å²) in [5.41, 5.74) is 0. The topological polar surface area (TPSA) is 0 Å². The first kappa shape index (κ1) is 40.0. The number of unbranched alkanes of at least 4 members (excludes halogenated alkanes) is 2. The summed E-state index contributed by atoms with van der Waals surface area (Å²) in [5, 5.41) is 0. The average Bonchev–Trinajstić information content (AvgIpc) is 2.77. The van der Waals surface area contributed by atoms with Gasteiger partial charge in [0, 0.05) is 6.42 Å². The van der Waals surface area contributed by atoms with Crippen LogP contribution in [0.2, 0.25) is 0 Å². The Bertz CT molecular complexity index is 914. The van der Waals surface area contributed by atoms with Gasteiger partial charge >= 0.3 is 59.5 Å². The third-order valence-electron chi connectivity index (χ3n) is 5.41. The zero-order chi connectivity index (χ0) is 33.5. The van der Waals surface area contributed by atoms with E-state index in [-0.39, 0.29) is 3.58 Å². The number of hydrogen-bond donors (Lipinski definition) is 0. The van der Waals surface area contributed by atoms with Crippen LogP contribution in [0, 0.1) is 0 Å². The fourth-order valence-corrected chi connectivity index (χ4v) is 3.48. The van der Waals surface area contributed by atoms with Crippen LogP contribution in [0.4, 0.5) is 92.2 Å². The number of hydrogen-bond acceptors (Lipinski definition) is 0. The molecule has 0 fully saturated rings. The summed E-state index contributed by atoms with van der Waals surface area (Å²) >= 11 is 1.45. The average molecular weight is 770 g/mol. The first-order valence-electron chi connectivity index (χ1n) is 10.5. The maximum atomic E-state index is 13.9. The minimum atomic E-state index is -9.14. The molecule has 0 aliphatic rings. The summed E-state index contributed by atoms with van der Waals surface area (Å²) < 4.78 is 280. The lowest BCUT2D eigenvalue weighted by atomic mass is 9.85. The lowest BCUT2D eigenvalue weighted by Gasteiger charge is -2.44. The summed E-state index contributed by atoms with van der Waals surface area (Å²) in [7, 11) is 0. The van der Waals surface area contributed by atoms with Crippen LogP contribution < -0.4 is 0 Å². The molecule has 246 valence electrons. The summed E-state index contributed by atoms with van der Waals surface area (Å²) in [6, 6.07) is 0. The first-order valence-corrected chi connectivity index (χ1v) is 11.6. The third kappa shape index (κ3) is 6.31. The molecule has 0 N–H and O–H groups in total. The highest BCUT2D eigenvalue weighted by molar-refractivity contribution is 14.1. The molecule has 41 heavy (non-hydrogen) atoms. The largest absolute Gasteiger partial charge is 0.460 e. The highest BCUT2D eigenvalue weighted by Crippen LogP contribution is 2.66. The van der Waals surface area contributed by atoms with E-state index in [1.807, 2.05) is 0 Å². The van der Waals surface area contributed by atoms with Crippen LogP contribution in [-0.2, 0) is 0 Å². The van der Waals surface area contributed by atoms with Crippen LogP contribution in [-0.4, -0.2) is 59.5 Å². The molecule has 0 saturated carbocycles. The molecule has 0 bridgehead atoms. The molecule has 0 aromatic heterocycles. The molecule has 0 aromatic carbocycles. The summed E-state index contributed by atoms with van der Waals surface area (Å²) in [6.45, 7) is 1.71. The summed E-state index contributed by atoms with van der Waals surface area (Å²) in [5.74, 6) is -76.4. The molecule has 0 nitrogen and oxygen atoms in total. The summed E-state index contributed by atoms with van der Waals surface area (Å²) in [4.78, 5) is 0. The standard InChI is InChI=1S/C19H16F21I/c1-2-3-4-6-9(41)7-5-8-10(20,21)11(22,23)12(24,25)13(26,27)14(28,29)15(30,31)16(32,33)17(34,35)18(36,37)19(38,39)40/h6H,2-5,7-8H2,1H3/b9-6-. The van der Waals surface area contributed by atoms with Crippen molar-refractivity contribution in [2.75, 3.05) is 0 Å². The smallest absolute Gasteiger partial charge is 0.200 e. The summed E-state index contributed by atoms with van der Waals surface area (Å²) in [6.07, 6.45) is -9.69. The van der Waals surface area contributed by atoms with E-state index in [1.54, 1.807) is 6.92 Å². The molecule has 0 spiro atoms. The molecule has 0 heterocycles. The molecular formula is C19H16F21I. The predicted octanol–water partition coefficient (Wildman–Crippen LogP) is 10.9. The van der Waals surface area contributed by atoms with E-state index >= 15 is 0 Å². The fourth-order valence-electron chi connectivity index (χ4n) is 2.79. The molecular weight excluding hydrogens is 754 g/mol. The predicted molar refractivity (Wildman–Crippen MR) is 106 cm³/mol. The third-order valence-corrected chi connectivity index (χ3v) is 6.39. The van der Waals surface area contributed by atoms with Gasteiger partial charge in [0.15, 0.2) is 0 Å². The van der Waals surface area contributed by atoms with Gasteiger partial charge in [-0.15, -0.1) is 0 Å². The normalized spacial score (nSPS) is 16.4. The van der Waals surface area contributed by atoms with Gasteiger partial charge in [-0.25, -0.2) is 0 Å². The van der Waals surface area contributed by atoms with Gasteiger partial charge < -0.3 is 0 Å². The van der Waals surface area contributed by atoms with Gasteiger partial charge in [0.05, 0.1) is 0 Å². The Labute approximate surface area is 229 Å². The van der Waals surface area contributed by atoms with Gasteiger partial charge in [-0.05, 0) is 45.4 Å². The second-order valence-corrected chi connectivity index (χ2v) is 9.83. The second-order valence-electron chi connectivity index (χ2n) is 8.44. The zero-order valence-electron chi connectivity index (χ0n) is 19.6. The number of alkyl halides is 21. The van der Waals surface area contributed by atoms with Gasteiger partial charge in [0.1, 0.15) is 0 Å². The number of rotatable bonds is 15. The molecule has 0 aliphatic heterocycles. The van der Waals surface area contributed by atoms with Gasteiger partial charge in [-0.2, -0.15) is 92.2 Å². The lowest BCUT2D eigenvalue weighted by molar-refractivity contribution is -0.474. The highest BCUT2D eigenvalue weighted by atomic mass is 127. The van der Waals surface area contributed by atoms with Crippen LogP contribution in [0.15, 0.2) is 9.66 Å². The van der Waals surface area contributed by atoms with Gasteiger partial charge in [0.2, 0.25) is 0 Å². The second kappa shape index (κ2) is 11.8. The molecule has 22 heteroatoms. The number of allylic oxidation sites excluding steroid dienone is 2. The Morgan fingerprint density at radius 1 is 0.488 bits per heavy atom. The van der Waals surface area contributed by atoms with E-state index in [4.69, 9.17) is 0 Å². The molecule has 0 atom stereocenters. The van der Waals surface area contributed by atoms with Crippen LogP contribution in [0.25, 0.3) is 0 Å². The minimum absolute atomic E-state index is 0.122. The van der Waals surface area contributed by atoms with E-state index in [9.17, 15) is 92.2 Å². The van der Waals surface area contributed by atoms with E-state index < -0.39 is 78.7 Å². The fraction of sp³-hybridized carbons (Fsp3) is 0.895. The van der Waals surface area contributed by atoms with Gasteiger partial charge in [-0.1, -0.05) is 25.8 Å². The molecule has 0 aliphatic carbocycles. The van der Waals surface area contributed by atoms with E-state index in [1.165, 1.54) is 28.7 Å². The highest BCUT2D eigenvalue weighted by Gasteiger charge is 2.97. The van der Waals surface area contributed by atoms with Crippen LogP contribution in [0.5, 0.6) is 0 Å². The Hall–Kier alpha value is -1.00. The maximum absolute atomic E-state index is 13.9. The molecule has 0 radical (unpaired) electrons. The van der Waals surface area contributed by atoms with Crippen molar-refractivity contribution in [2.45, 2.75) is 105 Å². The van der Waals surface area contributed by atoms with Crippen molar-refractivity contribution in [3.05, 3.63) is 9.66 Å². The minimum Gasteiger partial charge on any atom is -0.200 e. The van der Waals surface area contributed by atoms with Crippen molar-refractivity contribution < 1.29 is 92.2 Å². The molecule has 0 rings (SSSR count). The zero-order valence-corrected chi connectivity index (χ0v) is 21.8. The molecule has 0 saturated heterocycles. The SMILES string of the molecule is CCCC/C=C(\I)CCCC(F)(F)C(F)(F)C(F)(F)C(F)(F)C(F)(F)C(F)(F)C(F)(F)C(F)(F)C(F)(F)C(F)(F)F. The van der Waals surface area contributed by atoms with Crippen LogP contribution >= 0.6 is 22.6 Å². The van der Waals surface area contributed by atoms with E-state index in [2.05, 4.69) is 0 Å². The van der Waals surface area contributed by atoms with Crippen molar-refractivity contribution in [1.29, 1.82) is 0 Å². The maximum Gasteiger partial charge on any atom is 0.460 e. The van der Waals surface area contributed by atoms with Gasteiger partial charge in [-0.3, -0.25) is 0 Å². The van der Waals surface area contributed by atoms with Crippen molar-refractivity contribution >= 4 is 22.6 Å². The Morgan fingerprint density at radius 2 is 0.805 bits per heavy atom. The van der Waals surface area contributed by atoms with Crippen LogP contribution in [0.3, 0.4) is 0 Å². The molecule has 0 amide bonds. The van der Waals surface area contributed by atoms with Gasteiger partial charge in [0.25, 0.3) is 0 Å². The van der Waals surface area contributed by atoms with Crippen molar-refractivity contribution in [3.63, 3.8) is 0 Å². The quantitative estimate of drug-likeness (QED) is 0.0884. The van der Waals surface area contributed by atoms with Crippen molar-refractivity contribution in [1.82, 2.24) is 0 Å². The van der Waals surface area contributed by atoms with Crippen molar-refractivity contribution in [2.24, 2.45) is 0 Å². The van der Waals surface area contributed by atoms with E-state index in [0.29, 0.717) is 19.3 Å². The van der Waals surface area contributed by atoms with Crippen molar-refractivity contribution in [3.8, 4) is 0 Å². The number of halogens is 22. The molecule has 0 unspecified atom stereocenters. The van der Waals surface area contributed by atoms with E-state index in [0.717, 1.165) is 0 Å². The Kier molecular flexibility index (Phi) is 11.5. The Morgan fingerprint density at radius 3 is 1.12 bits per heavy atom.